The molecule has 0 unspecified atom stereocenters. The quantitative estimate of drug-likeness (QED) is 0.852. The van der Waals surface area contributed by atoms with Crippen LogP contribution in [0.2, 0.25) is 5.02 Å². The fraction of sp³-hybridized carbons (Fsp3) is 0.176. The number of ether oxygens (including phenoxy) is 1. The van der Waals surface area contributed by atoms with E-state index in [1.807, 2.05) is 6.07 Å². The number of hydrogen-bond acceptors (Lipinski definition) is 5. The van der Waals surface area contributed by atoms with E-state index in [2.05, 4.69) is 10.3 Å². The first-order valence-corrected chi connectivity index (χ1v) is 7.70. The lowest BCUT2D eigenvalue weighted by Crippen LogP contribution is -2.40. The topological polar surface area (TPSA) is 95.3 Å². The van der Waals surface area contributed by atoms with Gasteiger partial charge in [0.25, 0.3) is 5.91 Å². The molecule has 1 aliphatic rings. The van der Waals surface area contributed by atoms with Crippen molar-refractivity contribution in [2.24, 2.45) is 0 Å². The summed E-state index contributed by atoms with van der Waals surface area (Å²) in [6.45, 7) is 3.26. The molecular formula is C17H13ClN4O3. The molecule has 1 aromatic heterocycles. The van der Waals surface area contributed by atoms with Gasteiger partial charge in [-0.2, -0.15) is 5.26 Å². The molecule has 2 aromatic rings. The number of nitrogens with zero attached hydrogens (tertiary/aromatic N) is 3. The van der Waals surface area contributed by atoms with Crippen LogP contribution in [-0.4, -0.2) is 22.5 Å². The molecule has 126 valence electrons. The van der Waals surface area contributed by atoms with E-state index in [4.69, 9.17) is 21.6 Å². The second-order valence-corrected chi connectivity index (χ2v) is 6.31. The van der Waals surface area contributed by atoms with Crippen molar-refractivity contribution < 1.29 is 14.3 Å². The van der Waals surface area contributed by atoms with Crippen LogP contribution in [0, 0.1) is 11.3 Å². The largest absolute Gasteiger partial charge is 0.439 e. The summed E-state index contributed by atoms with van der Waals surface area (Å²) in [5.74, 6) is 0.322. The second-order valence-electron chi connectivity index (χ2n) is 5.91. The lowest BCUT2D eigenvalue weighted by atomic mass is 10.1. The van der Waals surface area contributed by atoms with E-state index in [1.54, 1.807) is 32.0 Å². The summed E-state index contributed by atoms with van der Waals surface area (Å²) in [5.41, 5.74) is -0.261. The van der Waals surface area contributed by atoms with Crippen molar-refractivity contribution >= 4 is 29.2 Å². The number of nitrogens with one attached hydrogen (secondary N) is 1. The smallest absolute Gasteiger partial charge is 0.329 e. The molecule has 3 rings (SSSR count). The first kappa shape index (κ1) is 16.7. The zero-order chi connectivity index (χ0) is 18.2. The van der Waals surface area contributed by atoms with E-state index in [0.29, 0.717) is 17.0 Å². The Morgan fingerprint density at radius 3 is 2.56 bits per heavy atom. The maximum Gasteiger partial charge on any atom is 0.329 e. The average molecular weight is 357 g/mol. The molecule has 0 bridgehead atoms. The number of urea groups is 1. The first-order valence-electron chi connectivity index (χ1n) is 7.32. The number of carbonyl (C=O) groups is 2. The number of imide groups is 1. The number of carbonyl (C=O) groups excluding carboxylic acids is 2. The highest BCUT2D eigenvalue weighted by molar-refractivity contribution is 6.31. The van der Waals surface area contributed by atoms with E-state index >= 15 is 0 Å². The van der Waals surface area contributed by atoms with Gasteiger partial charge in [-0.05, 0) is 32.0 Å². The standard InChI is InChI=1S/C17H13ClN4O3/c1-17(2)15(23)22(16(24)21-17)11-4-6-14(20-9-11)25-12-5-3-10(8-19)13(18)7-12/h3-7,9H,1-2H3,(H,21,24). The predicted octanol–water partition coefficient (Wildman–Crippen LogP) is 3.23. The Kier molecular flexibility index (Phi) is 4.07. The van der Waals surface area contributed by atoms with Gasteiger partial charge in [-0.25, -0.2) is 14.7 Å². The Bertz CT molecular complexity index is 903. The summed E-state index contributed by atoms with van der Waals surface area (Å²) in [6.07, 6.45) is 1.37. The number of nitriles is 1. The van der Waals surface area contributed by atoms with E-state index in [-0.39, 0.29) is 16.8 Å². The van der Waals surface area contributed by atoms with Crippen LogP contribution in [0.25, 0.3) is 0 Å². The summed E-state index contributed by atoms with van der Waals surface area (Å²) < 4.78 is 5.56. The maximum atomic E-state index is 12.3. The Hall–Kier alpha value is -3.11. The molecule has 25 heavy (non-hydrogen) atoms. The van der Waals surface area contributed by atoms with Gasteiger partial charge in [0.1, 0.15) is 17.4 Å². The molecule has 1 N–H and O–H groups in total. The summed E-state index contributed by atoms with van der Waals surface area (Å²) in [5, 5.41) is 11.7. The van der Waals surface area contributed by atoms with Crippen molar-refractivity contribution in [3.05, 3.63) is 47.1 Å². The van der Waals surface area contributed by atoms with Crippen molar-refractivity contribution in [1.82, 2.24) is 10.3 Å². The molecule has 2 heterocycles. The zero-order valence-corrected chi connectivity index (χ0v) is 14.2. The minimum Gasteiger partial charge on any atom is -0.439 e. The lowest BCUT2D eigenvalue weighted by Gasteiger charge is -2.15. The zero-order valence-electron chi connectivity index (χ0n) is 13.4. The Morgan fingerprint density at radius 2 is 2.04 bits per heavy atom. The van der Waals surface area contributed by atoms with Crippen LogP contribution >= 0.6 is 11.6 Å². The van der Waals surface area contributed by atoms with Gasteiger partial charge in [-0.15, -0.1) is 0 Å². The predicted molar refractivity (Wildman–Crippen MR) is 90.6 cm³/mol. The van der Waals surface area contributed by atoms with Crippen molar-refractivity contribution in [3.8, 4) is 17.7 Å². The minimum atomic E-state index is -0.953. The van der Waals surface area contributed by atoms with Crippen LogP contribution in [0.5, 0.6) is 11.6 Å². The molecule has 1 saturated heterocycles. The monoisotopic (exact) mass is 356 g/mol. The molecule has 0 spiro atoms. The van der Waals surface area contributed by atoms with Crippen LogP contribution in [0.15, 0.2) is 36.5 Å². The van der Waals surface area contributed by atoms with Crippen molar-refractivity contribution in [2.45, 2.75) is 19.4 Å². The Balaban J connectivity index is 1.79. The van der Waals surface area contributed by atoms with Gasteiger partial charge >= 0.3 is 6.03 Å². The molecular weight excluding hydrogens is 344 g/mol. The van der Waals surface area contributed by atoms with Crippen LogP contribution in [-0.2, 0) is 4.79 Å². The third-order valence-electron chi connectivity index (χ3n) is 3.62. The summed E-state index contributed by atoms with van der Waals surface area (Å²) in [7, 11) is 0. The molecule has 1 aromatic carbocycles. The van der Waals surface area contributed by atoms with Crippen LogP contribution < -0.4 is 15.0 Å². The SMILES string of the molecule is CC1(C)NC(=O)N(c2ccc(Oc3ccc(C#N)c(Cl)c3)nc2)C1=O. The highest BCUT2D eigenvalue weighted by Crippen LogP contribution is 2.28. The van der Waals surface area contributed by atoms with Crippen LogP contribution in [0.4, 0.5) is 10.5 Å². The number of hydrogen-bond donors (Lipinski definition) is 1. The summed E-state index contributed by atoms with van der Waals surface area (Å²) in [6, 6.07) is 9.21. The van der Waals surface area contributed by atoms with Crippen LogP contribution in [0.3, 0.4) is 0 Å². The van der Waals surface area contributed by atoms with E-state index in [1.165, 1.54) is 18.3 Å². The van der Waals surface area contributed by atoms with Gasteiger partial charge in [0.15, 0.2) is 0 Å². The molecule has 1 aliphatic heterocycles. The van der Waals surface area contributed by atoms with Crippen molar-refractivity contribution in [1.29, 1.82) is 5.26 Å². The fourth-order valence-corrected chi connectivity index (χ4v) is 2.53. The van der Waals surface area contributed by atoms with Crippen LogP contribution in [0.1, 0.15) is 19.4 Å². The van der Waals surface area contributed by atoms with Crippen molar-refractivity contribution in [3.63, 3.8) is 0 Å². The van der Waals surface area contributed by atoms with Gasteiger partial charge in [0.2, 0.25) is 5.88 Å². The Morgan fingerprint density at radius 1 is 1.28 bits per heavy atom. The van der Waals surface area contributed by atoms with E-state index < -0.39 is 11.6 Å². The van der Waals surface area contributed by atoms with Gasteiger partial charge in [0.05, 0.1) is 22.5 Å². The number of rotatable bonds is 3. The molecule has 0 radical (unpaired) electrons. The third-order valence-corrected chi connectivity index (χ3v) is 3.94. The number of anilines is 1. The van der Waals surface area contributed by atoms with Crippen molar-refractivity contribution in [2.75, 3.05) is 4.90 Å². The number of amides is 3. The third kappa shape index (κ3) is 3.12. The average Bonchev–Trinajstić information content (AvgIpc) is 2.76. The summed E-state index contributed by atoms with van der Waals surface area (Å²) in [4.78, 5) is 29.4. The second kappa shape index (κ2) is 6.07. The number of aromatic nitrogens is 1. The molecule has 8 heteroatoms. The van der Waals surface area contributed by atoms with Gasteiger partial charge in [0, 0.05) is 12.1 Å². The highest BCUT2D eigenvalue weighted by Gasteiger charge is 2.45. The van der Waals surface area contributed by atoms with Gasteiger partial charge in [-0.3, -0.25) is 4.79 Å². The minimum absolute atomic E-state index is 0.260. The molecule has 7 nitrogen and oxygen atoms in total. The molecule has 0 atom stereocenters. The molecule has 1 fully saturated rings. The number of halogens is 1. The lowest BCUT2D eigenvalue weighted by molar-refractivity contribution is -0.121. The summed E-state index contributed by atoms with van der Waals surface area (Å²) >= 11 is 5.95. The van der Waals surface area contributed by atoms with E-state index in [0.717, 1.165) is 4.90 Å². The highest BCUT2D eigenvalue weighted by atomic mass is 35.5. The normalized spacial score (nSPS) is 15.7. The van der Waals surface area contributed by atoms with E-state index in [9.17, 15) is 9.59 Å². The fourth-order valence-electron chi connectivity index (χ4n) is 2.32. The molecule has 3 amide bonds. The molecule has 0 aliphatic carbocycles. The number of pyridine rings is 1. The number of benzene rings is 1. The Labute approximate surface area is 148 Å². The first-order chi connectivity index (χ1) is 11.8. The van der Waals surface area contributed by atoms with Gasteiger partial charge in [-0.1, -0.05) is 11.6 Å². The molecule has 0 saturated carbocycles. The maximum absolute atomic E-state index is 12.3. The van der Waals surface area contributed by atoms with Gasteiger partial charge < -0.3 is 10.1 Å².